The van der Waals surface area contributed by atoms with Gasteiger partial charge in [-0.1, -0.05) is 6.42 Å². The fraction of sp³-hybridized carbons (Fsp3) is 1.00. The molecule has 3 heteroatoms. The van der Waals surface area contributed by atoms with E-state index in [1.54, 1.807) is 0 Å². The Morgan fingerprint density at radius 3 is 2.73 bits per heavy atom. The largest absolute Gasteiger partial charge is 0.396 e. The molecule has 2 saturated carbocycles. The van der Waals surface area contributed by atoms with E-state index in [9.17, 15) is 0 Å². The molecule has 0 spiro atoms. The summed E-state index contributed by atoms with van der Waals surface area (Å²) in [6.07, 6.45) is 7.46. The predicted octanol–water partition coefficient (Wildman–Crippen LogP) is 0.866. The number of hydrogen-bond donors (Lipinski definition) is 3. The lowest BCUT2D eigenvalue weighted by atomic mass is 10.00. The second-order valence-electron chi connectivity index (χ2n) is 5.39. The molecule has 4 N–H and O–H groups in total. The first-order chi connectivity index (χ1) is 7.29. The van der Waals surface area contributed by atoms with Crippen LogP contribution in [0.5, 0.6) is 0 Å². The van der Waals surface area contributed by atoms with Crippen molar-refractivity contribution in [1.82, 2.24) is 5.32 Å². The lowest BCUT2D eigenvalue weighted by Crippen LogP contribution is -2.39. The molecule has 2 unspecified atom stereocenters. The van der Waals surface area contributed by atoms with E-state index >= 15 is 0 Å². The highest BCUT2D eigenvalue weighted by Gasteiger charge is 2.42. The third-order valence-electron chi connectivity index (χ3n) is 4.30. The maximum absolute atomic E-state index is 8.98. The van der Waals surface area contributed by atoms with Crippen LogP contribution in [0.15, 0.2) is 0 Å². The minimum Gasteiger partial charge on any atom is -0.396 e. The molecule has 88 valence electrons. The molecule has 2 rings (SSSR count). The van der Waals surface area contributed by atoms with Crippen molar-refractivity contribution in [2.24, 2.45) is 17.1 Å². The summed E-state index contributed by atoms with van der Waals surface area (Å²) in [5, 5.41) is 12.7. The van der Waals surface area contributed by atoms with Crippen molar-refractivity contribution in [1.29, 1.82) is 0 Å². The molecule has 0 saturated heterocycles. The Balaban J connectivity index is 1.73. The van der Waals surface area contributed by atoms with Crippen molar-refractivity contribution in [3.8, 4) is 0 Å². The topological polar surface area (TPSA) is 58.3 Å². The number of nitrogens with two attached hydrogens (primary N) is 1. The molecule has 15 heavy (non-hydrogen) atoms. The van der Waals surface area contributed by atoms with Crippen molar-refractivity contribution in [2.45, 2.75) is 44.6 Å². The van der Waals surface area contributed by atoms with Crippen LogP contribution in [-0.2, 0) is 0 Å². The zero-order chi connectivity index (χ0) is 10.7. The van der Waals surface area contributed by atoms with E-state index in [2.05, 4.69) is 5.32 Å². The molecule has 0 heterocycles. The summed E-state index contributed by atoms with van der Waals surface area (Å²) in [6, 6.07) is 0.645. The van der Waals surface area contributed by atoms with Gasteiger partial charge in [0.25, 0.3) is 0 Å². The van der Waals surface area contributed by atoms with Gasteiger partial charge in [0.05, 0.1) is 0 Å². The van der Waals surface area contributed by atoms with Gasteiger partial charge in [-0.2, -0.15) is 0 Å². The van der Waals surface area contributed by atoms with Gasteiger partial charge in [0.15, 0.2) is 0 Å². The Labute approximate surface area is 92.4 Å². The molecule has 0 bridgehead atoms. The molecule has 0 aromatic carbocycles. The summed E-state index contributed by atoms with van der Waals surface area (Å²) in [5.74, 6) is 0.690. The first-order valence-electron chi connectivity index (χ1n) is 6.34. The number of aliphatic hydroxyl groups is 1. The summed E-state index contributed by atoms with van der Waals surface area (Å²) in [4.78, 5) is 0. The van der Waals surface area contributed by atoms with E-state index in [1.807, 2.05) is 0 Å². The Morgan fingerprint density at radius 2 is 2.13 bits per heavy atom. The van der Waals surface area contributed by atoms with Gasteiger partial charge in [-0.05, 0) is 50.0 Å². The molecule has 0 aliphatic heterocycles. The smallest absolute Gasteiger partial charge is 0.0436 e. The normalized spacial score (nSPS) is 33.2. The molecule has 2 aliphatic carbocycles. The van der Waals surface area contributed by atoms with Crippen molar-refractivity contribution < 1.29 is 5.11 Å². The lowest BCUT2D eigenvalue weighted by molar-refractivity contribution is 0.238. The van der Waals surface area contributed by atoms with E-state index in [0.717, 1.165) is 19.5 Å². The summed E-state index contributed by atoms with van der Waals surface area (Å²) in [7, 11) is 0. The maximum Gasteiger partial charge on any atom is 0.0436 e. The summed E-state index contributed by atoms with van der Waals surface area (Å²) in [5.41, 5.74) is 6.20. The van der Waals surface area contributed by atoms with E-state index in [-0.39, 0.29) is 0 Å². The zero-order valence-corrected chi connectivity index (χ0v) is 9.54. The first-order valence-corrected chi connectivity index (χ1v) is 6.34. The standard InChI is InChI=1S/C12H24N2O/c13-8-10-2-1-3-11(10)14-9-12(4-5-12)6-7-15/h10-11,14-15H,1-9,13H2. The molecular weight excluding hydrogens is 188 g/mol. The number of aliphatic hydroxyl groups excluding tert-OH is 1. The molecule has 2 aliphatic rings. The summed E-state index contributed by atoms with van der Waals surface area (Å²) < 4.78 is 0. The number of rotatable bonds is 6. The van der Waals surface area contributed by atoms with Crippen molar-refractivity contribution in [2.75, 3.05) is 19.7 Å². The molecule has 2 fully saturated rings. The van der Waals surface area contributed by atoms with Gasteiger partial charge >= 0.3 is 0 Å². The van der Waals surface area contributed by atoms with Crippen molar-refractivity contribution in [3.63, 3.8) is 0 Å². The van der Waals surface area contributed by atoms with Crippen LogP contribution in [-0.4, -0.2) is 30.8 Å². The third-order valence-corrected chi connectivity index (χ3v) is 4.30. The van der Waals surface area contributed by atoms with E-state index in [4.69, 9.17) is 10.8 Å². The first kappa shape index (κ1) is 11.4. The Bertz CT molecular complexity index is 204. The maximum atomic E-state index is 8.98. The van der Waals surface area contributed by atoms with Crippen LogP contribution >= 0.6 is 0 Å². The van der Waals surface area contributed by atoms with Gasteiger partial charge in [0.2, 0.25) is 0 Å². The van der Waals surface area contributed by atoms with E-state index < -0.39 is 0 Å². The Kier molecular flexibility index (Phi) is 3.65. The third kappa shape index (κ3) is 2.71. The molecule has 0 amide bonds. The second-order valence-corrected chi connectivity index (χ2v) is 5.39. The van der Waals surface area contributed by atoms with Gasteiger partial charge in [-0.25, -0.2) is 0 Å². The van der Waals surface area contributed by atoms with E-state index in [0.29, 0.717) is 24.0 Å². The fourth-order valence-electron chi connectivity index (χ4n) is 2.86. The highest BCUT2D eigenvalue weighted by atomic mass is 16.3. The van der Waals surface area contributed by atoms with E-state index in [1.165, 1.54) is 32.1 Å². The SMILES string of the molecule is NCC1CCCC1NCC1(CCO)CC1. The van der Waals surface area contributed by atoms with Gasteiger partial charge in [0.1, 0.15) is 0 Å². The highest BCUT2D eigenvalue weighted by Crippen LogP contribution is 2.48. The lowest BCUT2D eigenvalue weighted by Gasteiger charge is -2.23. The monoisotopic (exact) mass is 212 g/mol. The fourth-order valence-corrected chi connectivity index (χ4v) is 2.86. The zero-order valence-electron chi connectivity index (χ0n) is 9.54. The molecule has 3 nitrogen and oxygen atoms in total. The highest BCUT2D eigenvalue weighted by molar-refractivity contribution is 4.96. The molecule has 0 aromatic rings. The number of nitrogens with one attached hydrogen (secondary N) is 1. The molecule has 0 aromatic heterocycles. The average Bonchev–Trinajstić information content (AvgIpc) is 2.86. The van der Waals surface area contributed by atoms with Crippen LogP contribution in [0.25, 0.3) is 0 Å². The van der Waals surface area contributed by atoms with Crippen LogP contribution in [0.1, 0.15) is 38.5 Å². The minimum atomic E-state index is 0.340. The molecule has 0 radical (unpaired) electrons. The Hall–Kier alpha value is -0.120. The van der Waals surface area contributed by atoms with Crippen molar-refractivity contribution >= 4 is 0 Å². The van der Waals surface area contributed by atoms with Gasteiger partial charge in [0, 0.05) is 19.2 Å². The van der Waals surface area contributed by atoms with Crippen LogP contribution in [0.4, 0.5) is 0 Å². The van der Waals surface area contributed by atoms with Crippen LogP contribution in [0.3, 0.4) is 0 Å². The van der Waals surface area contributed by atoms with Crippen LogP contribution < -0.4 is 11.1 Å². The minimum absolute atomic E-state index is 0.340. The Morgan fingerprint density at radius 1 is 1.33 bits per heavy atom. The molecule has 2 atom stereocenters. The second kappa shape index (κ2) is 4.81. The van der Waals surface area contributed by atoms with Gasteiger partial charge < -0.3 is 16.2 Å². The van der Waals surface area contributed by atoms with Gasteiger partial charge in [-0.3, -0.25) is 0 Å². The number of hydrogen-bond acceptors (Lipinski definition) is 3. The van der Waals surface area contributed by atoms with Crippen LogP contribution in [0, 0.1) is 11.3 Å². The van der Waals surface area contributed by atoms with Crippen LogP contribution in [0.2, 0.25) is 0 Å². The molecular formula is C12H24N2O. The summed E-state index contributed by atoms with van der Waals surface area (Å²) in [6.45, 7) is 2.26. The van der Waals surface area contributed by atoms with Gasteiger partial charge in [-0.15, -0.1) is 0 Å². The predicted molar refractivity (Wildman–Crippen MR) is 61.6 cm³/mol. The quantitative estimate of drug-likeness (QED) is 0.612. The average molecular weight is 212 g/mol. The van der Waals surface area contributed by atoms with Crippen molar-refractivity contribution in [3.05, 3.63) is 0 Å². The summed E-state index contributed by atoms with van der Waals surface area (Å²) >= 11 is 0.